The van der Waals surface area contributed by atoms with E-state index in [0.29, 0.717) is 6.54 Å². The van der Waals surface area contributed by atoms with Crippen LogP contribution >= 0.6 is 0 Å². The van der Waals surface area contributed by atoms with Gasteiger partial charge < -0.3 is 15.8 Å². The molecule has 1 unspecified atom stereocenters. The molecule has 3 N–H and O–H groups in total. The number of ether oxygens (including phenoxy) is 1. The van der Waals surface area contributed by atoms with E-state index in [1.54, 1.807) is 0 Å². The van der Waals surface area contributed by atoms with Gasteiger partial charge >= 0.3 is 0 Å². The highest BCUT2D eigenvalue weighted by atomic mass is 16.5. The Hall–Kier alpha value is -2.21. The van der Waals surface area contributed by atoms with Crippen LogP contribution < -0.4 is 11.1 Å². The standard InChI is InChI=1S/C21H27N3O2/c22-20(19-7-2-1-3-8-19)14-21(25)23-15-17-5-4-6-18(13-17)16-24-9-11-26-12-10-24/h1-8,13,20H,9-12,14-16,22H2,(H,23,25). The van der Waals surface area contributed by atoms with Crippen molar-refractivity contribution in [1.29, 1.82) is 0 Å². The Morgan fingerprint density at radius 2 is 1.81 bits per heavy atom. The summed E-state index contributed by atoms with van der Waals surface area (Å²) in [5, 5.41) is 2.98. The van der Waals surface area contributed by atoms with Crippen LogP contribution in [0.5, 0.6) is 0 Å². The van der Waals surface area contributed by atoms with Crippen LogP contribution in [-0.4, -0.2) is 37.1 Å². The summed E-state index contributed by atoms with van der Waals surface area (Å²) < 4.78 is 5.39. The predicted octanol–water partition coefficient (Wildman–Crippen LogP) is 2.23. The summed E-state index contributed by atoms with van der Waals surface area (Å²) in [4.78, 5) is 14.6. The Morgan fingerprint density at radius 3 is 2.58 bits per heavy atom. The Labute approximate surface area is 155 Å². The lowest BCUT2D eigenvalue weighted by Crippen LogP contribution is -2.35. The van der Waals surface area contributed by atoms with E-state index in [1.165, 1.54) is 5.56 Å². The highest BCUT2D eigenvalue weighted by Gasteiger charge is 2.12. The van der Waals surface area contributed by atoms with Crippen molar-refractivity contribution in [3.05, 3.63) is 71.3 Å². The maximum absolute atomic E-state index is 12.2. The molecule has 1 fully saturated rings. The van der Waals surface area contributed by atoms with Crippen LogP contribution in [0.4, 0.5) is 0 Å². The van der Waals surface area contributed by atoms with Gasteiger partial charge in [0.1, 0.15) is 0 Å². The molecule has 26 heavy (non-hydrogen) atoms. The first-order valence-electron chi connectivity index (χ1n) is 9.16. The van der Waals surface area contributed by atoms with Crippen LogP contribution in [0.3, 0.4) is 0 Å². The van der Waals surface area contributed by atoms with E-state index in [4.69, 9.17) is 10.5 Å². The van der Waals surface area contributed by atoms with E-state index in [9.17, 15) is 4.79 Å². The molecule has 0 spiro atoms. The topological polar surface area (TPSA) is 67.6 Å². The predicted molar refractivity (Wildman–Crippen MR) is 102 cm³/mol. The van der Waals surface area contributed by atoms with Crippen molar-refractivity contribution in [2.75, 3.05) is 26.3 Å². The van der Waals surface area contributed by atoms with Gasteiger partial charge in [0.15, 0.2) is 0 Å². The van der Waals surface area contributed by atoms with Gasteiger partial charge in [-0.05, 0) is 16.7 Å². The van der Waals surface area contributed by atoms with Crippen molar-refractivity contribution < 1.29 is 9.53 Å². The summed E-state index contributed by atoms with van der Waals surface area (Å²) in [5.74, 6) is -0.0278. The number of amides is 1. The van der Waals surface area contributed by atoms with Gasteiger partial charge in [-0.2, -0.15) is 0 Å². The van der Waals surface area contributed by atoms with Gasteiger partial charge in [0.25, 0.3) is 0 Å². The minimum atomic E-state index is -0.274. The van der Waals surface area contributed by atoms with Gasteiger partial charge in [-0.3, -0.25) is 9.69 Å². The summed E-state index contributed by atoms with van der Waals surface area (Å²) in [6, 6.07) is 17.8. The molecule has 0 aliphatic carbocycles. The van der Waals surface area contributed by atoms with Gasteiger partial charge in [-0.1, -0.05) is 54.6 Å². The minimum absolute atomic E-state index is 0.0278. The molecule has 1 heterocycles. The van der Waals surface area contributed by atoms with Crippen LogP contribution in [0, 0.1) is 0 Å². The number of nitrogens with one attached hydrogen (secondary N) is 1. The largest absolute Gasteiger partial charge is 0.379 e. The van der Waals surface area contributed by atoms with Gasteiger partial charge in [0.2, 0.25) is 5.91 Å². The van der Waals surface area contributed by atoms with E-state index >= 15 is 0 Å². The number of rotatable bonds is 7. The molecule has 5 heteroatoms. The van der Waals surface area contributed by atoms with Crippen molar-refractivity contribution in [3.8, 4) is 0 Å². The van der Waals surface area contributed by atoms with Crippen molar-refractivity contribution in [2.45, 2.75) is 25.6 Å². The Morgan fingerprint density at radius 1 is 1.08 bits per heavy atom. The summed E-state index contributed by atoms with van der Waals surface area (Å²) in [5.41, 5.74) is 9.47. The van der Waals surface area contributed by atoms with Crippen molar-refractivity contribution in [3.63, 3.8) is 0 Å². The lowest BCUT2D eigenvalue weighted by Gasteiger charge is -2.26. The van der Waals surface area contributed by atoms with Crippen LogP contribution in [-0.2, 0) is 22.6 Å². The number of morpholine rings is 1. The molecule has 2 aromatic carbocycles. The third-order valence-electron chi connectivity index (χ3n) is 4.62. The number of hydrogen-bond acceptors (Lipinski definition) is 4. The highest BCUT2D eigenvalue weighted by molar-refractivity contribution is 5.76. The summed E-state index contributed by atoms with van der Waals surface area (Å²) >= 11 is 0. The van der Waals surface area contributed by atoms with Gasteiger partial charge in [0, 0.05) is 38.6 Å². The molecule has 0 saturated carbocycles. The molecule has 0 aromatic heterocycles. The van der Waals surface area contributed by atoms with Crippen LogP contribution in [0.25, 0.3) is 0 Å². The Balaban J connectivity index is 1.48. The summed E-state index contributed by atoms with van der Waals surface area (Å²) in [6.45, 7) is 4.99. The molecule has 1 saturated heterocycles. The number of nitrogens with two attached hydrogens (primary N) is 1. The second-order valence-corrected chi connectivity index (χ2v) is 6.71. The zero-order chi connectivity index (χ0) is 18.2. The molecule has 0 radical (unpaired) electrons. The van der Waals surface area contributed by atoms with Gasteiger partial charge in [-0.15, -0.1) is 0 Å². The minimum Gasteiger partial charge on any atom is -0.379 e. The maximum atomic E-state index is 12.2. The van der Waals surface area contributed by atoms with Crippen molar-refractivity contribution >= 4 is 5.91 Å². The van der Waals surface area contributed by atoms with Crippen LogP contribution in [0.2, 0.25) is 0 Å². The molecule has 5 nitrogen and oxygen atoms in total. The SMILES string of the molecule is NC(CC(=O)NCc1cccc(CN2CCOCC2)c1)c1ccccc1. The zero-order valence-electron chi connectivity index (χ0n) is 15.1. The summed E-state index contributed by atoms with van der Waals surface area (Å²) in [7, 11) is 0. The molecule has 1 amide bonds. The van der Waals surface area contributed by atoms with Gasteiger partial charge in [-0.25, -0.2) is 0 Å². The third-order valence-corrected chi connectivity index (χ3v) is 4.62. The van der Waals surface area contributed by atoms with E-state index in [0.717, 1.165) is 44.0 Å². The molecule has 3 rings (SSSR count). The first-order valence-corrected chi connectivity index (χ1v) is 9.16. The second-order valence-electron chi connectivity index (χ2n) is 6.71. The van der Waals surface area contributed by atoms with Crippen LogP contribution in [0.15, 0.2) is 54.6 Å². The molecule has 1 atom stereocenters. The van der Waals surface area contributed by atoms with Crippen molar-refractivity contribution in [1.82, 2.24) is 10.2 Å². The van der Waals surface area contributed by atoms with E-state index in [1.807, 2.05) is 42.5 Å². The van der Waals surface area contributed by atoms with Crippen LogP contribution in [0.1, 0.15) is 29.2 Å². The van der Waals surface area contributed by atoms with E-state index in [-0.39, 0.29) is 18.4 Å². The second kappa shape index (κ2) is 9.48. The molecule has 138 valence electrons. The number of benzene rings is 2. The zero-order valence-corrected chi connectivity index (χ0v) is 15.1. The average molecular weight is 353 g/mol. The maximum Gasteiger partial charge on any atom is 0.222 e. The van der Waals surface area contributed by atoms with Crippen molar-refractivity contribution in [2.24, 2.45) is 5.73 Å². The number of carbonyl (C=O) groups excluding carboxylic acids is 1. The molecule has 0 bridgehead atoms. The number of hydrogen-bond donors (Lipinski definition) is 2. The Bertz CT molecular complexity index is 699. The number of nitrogens with zero attached hydrogens (tertiary/aromatic N) is 1. The number of carbonyl (C=O) groups is 1. The Kier molecular flexibility index (Phi) is 6.77. The fourth-order valence-electron chi connectivity index (χ4n) is 3.15. The van der Waals surface area contributed by atoms with E-state index < -0.39 is 0 Å². The fraction of sp³-hybridized carbons (Fsp3) is 0.381. The van der Waals surface area contributed by atoms with E-state index in [2.05, 4.69) is 22.3 Å². The lowest BCUT2D eigenvalue weighted by atomic mass is 10.0. The summed E-state index contributed by atoms with van der Waals surface area (Å²) in [6.07, 6.45) is 0.289. The molecule has 1 aliphatic rings. The molecule has 1 aliphatic heterocycles. The third kappa shape index (κ3) is 5.66. The monoisotopic (exact) mass is 353 g/mol. The first-order chi connectivity index (χ1) is 12.7. The lowest BCUT2D eigenvalue weighted by molar-refractivity contribution is -0.121. The highest BCUT2D eigenvalue weighted by Crippen LogP contribution is 2.14. The average Bonchev–Trinajstić information content (AvgIpc) is 2.68. The normalized spacial score (nSPS) is 16.2. The first kappa shape index (κ1) is 18.6. The van der Waals surface area contributed by atoms with Gasteiger partial charge in [0.05, 0.1) is 13.2 Å². The smallest absolute Gasteiger partial charge is 0.222 e. The molecular formula is C21H27N3O2. The quantitative estimate of drug-likeness (QED) is 0.801. The molecular weight excluding hydrogens is 326 g/mol. The fourth-order valence-corrected chi connectivity index (χ4v) is 3.15. The molecule has 2 aromatic rings.